The van der Waals surface area contributed by atoms with Gasteiger partial charge >= 0.3 is 0 Å². The maximum atomic E-state index is 14.0. The summed E-state index contributed by atoms with van der Waals surface area (Å²) in [5.41, 5.74) is 11.3. The lowest BCUT2D eigenvalue weighted by atomic mass is 10.0. The molecule has 0 heterocycles. The molecule has 19 heavy (non-hydrogen) atoms. The Balaban J connectivity index is 2.56. The van der Waals surface area contributed by atoms with Gasteiger partial charge in [0, 0.05) is 12.7 Å². The number of para-hydroxylation sites is 1. The topological polar surface area (TPSA) is 29.3 Å². The number of nitrogens with two attached hydrogens (primary N) is 1. The predicted molar refractivity (Wildman–Crippen MR) is 79.5 cm³/mol. The van der Waals surface area contributed by atoms with E-state index in [-0.39, 0.29) is 5.82 Å². The number of halogens is 1. The molecule has 0 spiro atoms. The third-order valence-electron chi connectivity index (χ3n) is 3.53. The van der Waals surface area contributed by atoms with Crippen LogP contribution >= 0.6 is 0 Å². The molecular formula is C16H19FN2. The van der Waals surface area contributed by atoms with Crippen molar-refractivity contribution in [3.8, 4) is 0 Å². The Morgan fingerprint density at radius 2 is 1.63 bits per heavy atom. The van der Waals surface area contributed by atoms with E-state index >= 15 is 0 Å². The second kappa shape index (κ2) is 4.92. The van der Waals surface area contributed by atoms with Gasteiger partial charge in [0.15, 0.2) is 0 Å². The first-order chi connectivity index (χ1) is 8.91. The van der Waals surface area contributed by atoms with Crippen molar-refractivity contribution in [2.24, 2.45) is 0 Å². The van der Waals surface area contributed by atoms with E-state index < -0.39 is 0 Å². The van der Waals surface area contributed by atoms with Crippen LogP contribution in [0.3, 0.4) is 0 Å². The van der Waals surface area contributed by atoms with Crippen LogP contribution in [0.15, 0.2) is 30.3 Å². The van der Waals surface area contributed by atoms with Gasteiger partial charge in [-0.05, 0) is 55.7 Å². The van der Waals surface area contributed by atoms with Crippen molar-refractivity contribution < 1.29 is 4.39 Å². The molecule has 2 nitrogen and oxygen atoms in total. The molecule has 3 heteroatoms. The molecule has 0 unspecified atom stereocenters. The number of benzene rings is 2. The number of aryl methyl sites for hydroxylation is 3. The quantitative estimate of drug-likeness (QED) is 0.822. The Morgan fingerprint density at radius 1 is 1.00 bits per heavy atom. The standard InChI is InChI=1S/C16H19FN2/c1-10-8-12(3)15(9-11(10)2)19(4)16-13(17)6-5-7-14(16)18/h5-9H,18H2,1-4H3. The van der Waals surface area contributed by atoms with E-state index in [0.717, 1.165) is 11.3 Å². The molecule has 0 amide bonds. The molecule has 2 aromatic carbocycles. The van der Waals surface area contributed by atoms with Crippen LogP contribution in [0.25, 0.3) is 0 Å². The van der Waals surface area contributed by atoms with E-state index in [0.29, 0.717) is 11.4 Å². The lowest BCUT2D eigenvalue weighted by Crippen LogP contribution is -2.15. The predicted octanol–water partition coefficient (Wildman–Crippen LogP) is 4.10. The smallest absolute Gasteiger partial charge is 0.148 e. The molecule has 0 radical (unpaired) electrons. The third kappa shape index (κ3) is 2.41. The lowest BCUT2D eigenvalue weighted by molar-refractivity contribution is 0.628. The molecule has 2 aromatic rings. The molecule has 100 valence electrons. The van der Waals surface area contributed by atoms with Gasteiger partial charge in [-0.3, -0.25) is 0 Å². The van der Waals surface area contributed by atoms with Crippen molar-refractivity contribution in [2.45, 2.75) is 20.8 Å². The number of nitrogen functional groups attached to an aromatic ring is 1. The minimum absolute atomic E-state index is 0.305. The highest BCUT2D eigenvalue weighted by Crippen LogP contribution is 2.34. The van der Waals surface area contributed by atoms with E-state index in [9.17, 15) is 4.39 Å². The van der Waals surface area contributed by atoms with Crippen LogP contribution in [0.2, 0.25) is 0 Å². The number of hydrogen-bond acceptors (Lipinski definition) is 2. The molecule has 0 atom stereocenters. The summed E-state index contributed by atoms with van der Waals surface area (Å²) in [6.45, 7) is 6.15. The monoisotopic (exact) mass is 258 g/mol. The average Bonchev–Trinajstić information content (AvgIpc) is 2.33. The van der Waals surface area contributed by atoms with Crippen molar-refractivity contribution in [3.63, 3.8) is 0 Å². The SMILES string of the molecule is Cc1cc(C)c(N(C)c2c(N)cccc2F)cc1C. The van der Waals surface area contributed by atoms with Crippen molar-refractivity contribution in [3.05, 3.63) is 52.8 Å². The van der Waals surface area contributed by atoms with Gasteiger partial charge in [-0.25, -0.2) is 4.39 Å². The zero-order valence-electron chi connectivity index (χ0n) is 11.8. The zero-order chi connectivity index (χ0) is 14.2. The Hall–Kier alpha value is -2.03. The minimum atomic E-state index is -0.305. The van der Waals surface area contributed by atoms with Crippen LogP contribution in [-0.2, 0) is 0 Å². The van der Waals surface area contributed by atoms with Gasteiger partial charge in [-0.1, -0.05) is 12.1 Å². The van der Waals surface area contributed by atoms with Gasteiger partial charge in [0.1, 0.15) is 11.5 Å². The van der Waals surface area contributed by atoms with Gasteiger partial charge in [0.2, 0.25) is 0 Å². The van der Waals surface area contributed by atoms with Gasteiger partial charge in [-0.2, -0.15) is 0 Å². The third-order valence-corrected chi connectivity index (χ3v) is 3.53. The Morgan fingerprint density at radius 3 is 2.26 bits per heavy atom. The summed E-state index contributed by atoms with van der Waals surface area (Å²) in [7, 11) is 1.84. The lowest BCUT2D eigenvalue weighted by Gasteiger charge is -2.24. The van der Waals surface area contributed by atoms with Crippen LogP contribution in [0, 0.1) is 26.6 Å². The summed E-state index contributed by atoms with van der Waals surface area (Å²) in [6, 6.07) is 8.94. The Bertz CT molecular complexity index is 600. The van der Waals surface area contributed by atoms with Gasteiger partial charge < -0.3 is 10.6 Å². The maximum Gasteiger partial charge on any atom is 0.148 e. The molecule has 0 aliphatic carbocycles. The fourth-order valence-corrected chi connectivity index (χ4v) is 2.31. The highest BCUT2D eigenvalue weighted by Gasteiger charge is 2.15. The van der Waals surface area contributed by atoms with Crippen molar-refractivity contribution in [2.75, 3.05) is 17.7 Å². The first-order valence-electron chi connectivity index (χ1n) is 6.27. The van der Waals surface area contributed by atoms with Crippen LogP contribution < -0.4 is 10.6 Å². The number of nitrogens with zero attached hydrogens (tertiary/aromatic N) is 1. The Labute approximate surface area is 113 Å². The first-order valence-corrected chi connectivity index (χ1v) is 6.27. The van der Waals surface area contributed by atoms with E-state index in [1.807, 2.05) is 18.9 Å². The second-order valence-electron chi connectivity index (χ2n) is 4.96. The molecule has 0 aromatic heterocycles. The fourth-order valence-electron chi connectivity index (χ4n) is 2.31. The van der Waals surface area contributed by atoms with E-state index in [2.05, 4.69) is 26.0 Å². The molecular weight excluding hydrogens is 239 g/mol. The van der Waals surface area contributed by atoms with Crippen LogP contribution in [0.4, 0.5) is 21.5 Å². The van der Waals surface area contributed by atoms with Crippen molar-refractivity contribution >= 4 is 17.1 Å². The van der Waals surface area contributed by atoms with E-state index in [1.165, 1.54) is 17.2 Å². The largest absolute Gasteiger partial charge is 0.397 e. The van der Waals surface area contributed by atoms with Crippen LogP contribution in [0.5, 0.6) is 0 Å². The average molecular weight is 258 g/mol. The molecule has 0 saturated carbocycles. The van der Waals surface area contributed by atoms with Crippen molar-refractivity contribution in [1.29, 1.82) is 0 Å². The van der Waals surface area contributed by atoms with Crippen molar-refractivity contribution in [1.82, 2.24) is 0 Å². The molecule has 0 fully saturated rings. The second-order valence-corrected chi connectivity index (χ2v) is 4.96. The number of anilines is 3. The van der Waals surface area contributed by atoms with Gasteiger partial charge in [0.05, 0.1) is 5.69 Å². The fraction of sp³-hybridized carbons (Fsp3) is 0.250. The van der Waals surface area contributed by atoms with E-state index in [1.54, 1.807) is 12.1 Å². The minimum Gasteiger partial charge on any atom is -0.397 e. The van der Waals surface area contributed by atoms with Gasteiger partial charge in [-0.15, -0.1) is 0 Å². The molecule has 0 aliphatic heterocycles. The first kappa shape index (κ1) is 13.4. The normalized spacial score (nSPS) is 10.6. The molecule has 0 aliphatic rings. The number of hydrogen-bond donors (Lipinski definition) is 1. The molecule has 0 bridgehead atoms. The molecule has 0 saturated heterocycles. The highest BCUT2D eigenvalue weighted by atomic mass is 19.1. The number of rotatable bonds is 2. The summed E-state index contributed by atoms with van der Waals surface area (Å²) in [5.74, 6) is -0.305. The summed E-state index contributed by atoms with van der Waals surface area (Å²) in [4.78, 5) is 1.81. The van der Waals surface area contributed by atoms with Crippen LogP contribution in [0.1, 0.15) is 16.7 Å². The van der Waals surface area contributed by atoms with Crippen LogP contribution in [-0.4, -0.2) is 7.05 Å². The summed E-state index contributed by atoms with van der Waals surface area (Å²) in [6.07, 6.45) is 0. The highest BCUT2D eigenvalue weighted by molar-refractivity contribution is 5.76. The summed E-state index contributed by atoms with van der Waals surface area (Å²) in [5, 5.41) is 0. The van der Waals surface area contributed by atoms with E-state index in [4.69, 9.17) is 5.73 Å². The molecule has 2 rings (SSSR count). The van der Waals surface area contributed by atoms with Gasteiger partial charge in [0.25, 0.3) is 0 Å². The maximum absolute atomic E-state index is 14.0. The zero-order valence-corrected chi connectivity index (χ0v) is 11.8. The Kier molecular flexibility index (Phi) is 3.47. The molecule has 2 N–H and O–H groups in total. The summed E-state index contributed by atoms with van der Waals surface area (Å²) >= 11 is 0. The summed E-state index contributed by atoms with van der Waals surface area (Å²) < 4.78 is 14.0.